The molecule has 2 bridgehead atoms. The average Bonchev–Trinajstić information content (AvgIpc) is 3.79. The Hall–Kier alpha value is -4.48. The van der Waals surface area contributed by atoms with Crippen LogP contribution in [0.5, 0.6) is 5.75 Å². The van der Waals surface area contributed by atoms with Crippen molar-refractivity contribution < 1.29 is 38.5 Å². The minimum atomic E-state index is -1.32. The number of hydrogen-bond donors (Lipinski definition) is 1. The summed E-state index contributed by atoms with van der Waals surface area (Å²) in [5.74, 6) is -3.13. The highest BCUT2D eigenvalue weighted by atomic mass is 16.6. The largest absolute Gasteiger partial charge is 0.497 e. The van der Waals surface area contributed by atoms with Crippen molar-refractivity contribution in [1.29, 1.82) is 0 Å². The molecule has 1 spiro atoms. The van der Waals surface area contributed by atoms with Crippen LogP contribution in [0.3, 0.4) is 0 Å². The molecule has 1 N–H and O–H groups in total. The summed E-state index contributed by atoms with van der Waals surface area (Å²) in [5.41, 5.74) is -0.0391. The summed E-state index contributed by atoms with van der Waals surface area (Å²) in [5, 5.41) is 10.6. The highest BCUT2D eigenvalue weighted by Gasteiger charge is 2.76. The van der Waals surface area contributed by atoms with E-state index in [0.29, 0.717) is 36.3 Å². The Labute approximate surface area is 300 Å². The number of nitrogens with zero attached hydrogens (tertiary/aromatic N) is 3. The molecule has 3 heterocycles. The molecule has 0 unspecified atom stereocenters. The number of likely N-dealkylation sites (tertiary alicyclic amines) is 1. The molecule has 0 aromatic heterocycles. The highest BCUT2D eigenvalue weighted by Crippen LogP contribution is 2.59. The molecule has 274 valence electrons. The summed E-state index contributed by atoms with van der Waals surface area (Å²) in [7, 11) is 3.24. The van der Waals surface area contributed by atoms with Crippen molar-refractivity contribution >= 4 is 29.4 Å². The lowest BCUT2D eigenvalue weighted by Gasteiger charge is -2.40. The summed E-state index contributed by atoms with van der Waals surface area (Å²) in [6, 6.07) is 13.9. The van der Waals surface area contributed by atoms with Gasteiger partial charge in [-0.15, -0.1) is 13.2 Å². The average molecular weight is 702 g/mol. The van der Waals surface area contributed by atoms with Crippen LogP contribution >= 0.6 is 0 Å². The number of aliphatic hydroxyl groups is 1. The van der Waals surface area contributed by atoms with Gasteiger partial charge in [0.15, 0.2) is 0 Å². The van der Waals surface area contributed by atoms with Gasteiger partial charge in [-0.25, -0.2) is 0 Å². The number of aliphatic hydroxyl groups excluding tert-OH is 1. The van der Waals surface area contributed by atoms with Crippen LogP contribution in [0.25, 0.3) is 0 Å². The number of carbonyl (C=O) groups is 4. The van der Waals surface area contributed by atoms with Gasteiger partial charge in [0, 0.05) is 25.7 Å². The number of esters is 1. The van der Waals surface area contributed by atoms with Crippen LogP contribution in [-0.2, 0) is 28.7 Å². The van der Waals surface area contributed by atoms with Gasteiger partial charge in [-0.2, -0.15) is 0 Å². The van der Waals surface area contributed by atoms with Gasteiger partial charge in [0.25, 0.3) is 5.91 Å². The van der Waals surface area contributed by atoms with Crippen LogP contribution in [0.2, 0.25) is 0 Å². The van der Waals surface area contributed by atoms with E-state index < -0.39 is 59.6 Å². The van der Waals surface area contributed by atoms with Crippen molar-refractivity contribution in [3.8, 4) is 5.75 Å². The maximum Gasteiger partial charge on any atom is 0.313 e. The molecule has 0 saturated carbocycles. The quantitative estimate of drug-likeness (QED) is 0.197. The predicted octanol–water partition coefficient (Wildman–Crippen LogP) is 4.70. The number of methoxy groups -OCH3 is 1. The monoisotopic (exact) mass is 701 g/mol. The van der Waals surface area contributed by atoms with Gasteiger partial charge in [0.1, 0.15) is 23.5 Å². The van der Waals surface area contributed by atoms with Crippen molar-refractivity contribution in [2.45, 2.75) is 82.4 Å². The molecule has 51 heavy (non-hydrogen) atoms. The third-order valence-electron chi connectivity index (χ3n) is 10.9. The normalized spacial score (nSPS) is 25.2. The van der Waals surface area contributed by atoms with Crippen LogP contribution in [0.1, 0.15) is 58.1 Å². The summed E-state index contributed by atoms with van der Waals surface area (Å²) in [4.78, 5) is 61.8. The SMILES string of the molecule is C=CCCC(=O)N(C)[C@@H](C)[C@@H](OC(=O)[C@@H]1[C@H]2C(=O)N([C@@H](CO)C(C)C)[C@H](C(=O)N(CC=C)c3ccc(OC)cc3)[C@]23CC[C@H]1O3)c1ccccc1. The van der Waals surface area contributed by atoms with Crippen LogP contribution in [0.4, 0.5) is 5.69 Å². The molecule has 3 amide bonds. The lowest BCUT2D eigenvalue weighted by atomic mass is 9.70. The second-order valence-electron chi connectivity index (χ2n) is 14.1. The van der Waals surface area contributed by atoms with E-state index in [1.807, 2.05) is 51.1 Å². The molecule has 0 radical (unpaired) electrons. The van der Waals surface area contributed by atoms with Crippen molar-refractivity contribution in [3.05, 3.63) is 85.5 Å². The zero-order chi connectivity index (χ0) is 37.0. The van der Waals surface area contributed by atoms with Crippen LogP contribution < -0.4 is 9.64 Å². The second kappa shape index (κ2) is 15.8. The maximum atomic E-state index is 14.9. The topological polar surface area (TPSA) is 126 Å². The number of benzene rings is 2. The number of amides is 3. The van der Waals surface area contributed by atoms with Gasteiger partial charge >= 0.3 is 5.97 Å². The van der Waals surface area contributed by atoms with Gasteiger partial charge in [0.05, 0.1) is 43.7 Å². The summed E-state index contributed by atoms with van der Waals surface area (Å²) in [6.45, 7) is 13.0. The van der Waals surface area contributed by atoms with Gasteiger partial charge in [-0.1, -0.05) is 56.3 Å². The number of carbonyl (C=O) groups excluding carboxylic acids is 4. The number of anilines is 1. The van der Waals surface area contributed by atoms with Gasteiger partial charge in [0.2, 0.25) is 11.8 Å². The van der Waals surface area contributed by atoms with E-state index in [-0.39, 0.29) is 37.3 Å². The smallest absolute Gasteiger partial charge is 0.313 e. The molecule has 3 fully saturated rings. The fourth-order valence-corrected chi connectivity index (χ4v) is 8.10. The van der Waals surface area contributed by atoms with E-state index in [4.69, 9.17) is 14.2 Å². The number of allylic oxidation sites excluding steroid dienone is 1. The lowest BCUT2D eigenvalue weighted by Crippen LogP contribution is -2.59. The Morgan fingerprint density at radius 2 is 1.76 bits per heavy atom. The van der Waals surface area contributed by atoms with Gasteiger partial charge in [-0.05, 0) is 61.9 Å². The second-order valence-corrected chi connectivity index (χ2v) is 14.1. The van der Waals surface area contributed by atoms with Crippen molar-refractivity contribution in [3.63, 3.8) is 0 Å². The number of hydrogen-bond acceptors (Lipinski definition) is 8. The van der Waals surface area contributed by atoms with Crippen LogP contribution in [-0.4, -0.2) is 95.7 Å². The summed E-state index contributed by atoms with van der Waals surface area (Å²) in [6.07, 6.45) is 3.42. The number of fused-ring (bicyclic) bond motifs is 1. The molecule has 3 aliphatic heterocycles. The molecular formula is C40H51N3O8. The number of likely N-dealkylation sites (N-methyl/N-ethyl adjacent to an activating group) is 1. The number of rotatable bonds is 16. The molecule has 11 heteroatoms. The van der Waals surface area contributed by atoms with E-state index in [0.717, 1.165) is 0 Å². The molecule has 0 aliphatic carbocycles. The summed E-state index contributed by atoms with van der Waals surface area (Å²) < 4.78 is 18.3. The fraction of sp³-hybridized carbons (Fsp3) is 0.500. The Morgan fingerprint density at radius 3 is 2.35 bits per heavy atom. The zero-order valence-corrected chi connectivity index (χ0v) is 30.3. The molecule has 3 aliphatic rings. The molecule has 11 nitrogen and oxygen atoms in total. The van der Waals surface area contributed by atoms with Crippen molar-refractivity contribution in [1.82, 2.24) is 9.80 Å². The zero-order valence-electron chi connectivity index (χ0n) is 30.3. The molecule has 8 atom stereocenters. The third-order valence-corrected chi connectivity index (χ3v) is 10.9. The first-order valence-corrected chi connectivity index (χ1v) is 17.7. The minimum Gasteiger partial charge on any atom is -0.497 e. The molecule has 5 rings (SSSR count). The van der Waals surface area contributed by atoms with E-state index in [1.165, 1.54) is 4.90 Å². The first-order valence-electron chi connectivity index (χ1n) is 17.7. The van der Waals surface area contributed by atoms with Gasteiger partial charge in [-0.3, -0.25) is 19.2 Å². The Balaban J connectivity index is 1.53. The standard InChI is InChI=1S/C40H51N3O8/c1-8-10-16-32(45)41(6)26(5)35(27-14-12-11-13-15-27)50-39(48)33-31-21-22-40(51-31)34(33)37(46)43(30(24-44)25(3)4)36(40)38(47)42(23-9-2)28-17-19-29(49-7)20-18-28/h8-9,11-15,17-20,25-26,30-31,33-36,44H,1-2,10,16,21-24H2,3-7H3/t26-,30-,31+,33-,34-,35+,36+,40-/m0/s1. The predicted molar refractivity (Wildman–Crippen MR) is 193 cm³/mol. The number of ether oxygens (including phenoxy) is 3. The summed E-state index contributed by atoms with van der Waals surface area (Å²) >= 11 is 0. The Morgan fingerprint density at radius 1 is 1.08 bits per heavy atom. The molecule has 3 saturated heterocycles. The van der Waals surface area contributed by atoms with E-state index >= 15 is 0 Å². The minimum absolute atomic E-state index is 0.116. The third kappa shape index (κ3) is 6.93. The van der Waals surface area contributed by atoms with Crippen molar-refractivity contribution in [2.24, 2.45) is 17.8 Å². The lowest BCUT2D eigenvalue weighted by molar-refractivity contribution is -0.165. The van der Waals surface area contributed by atoms with E-state index in [9.17, 15) is 24.3 Å². The first kappa shape index (κ1) is 37.8. The molecule has 2 aromatic carbocycles. The Bertz CT molecular complexity index is 1600. The van der Waals surface area contributed by atoms with E-state index in [2.05, 4.69) is 13.2 Å². The van der Waals surface area contributed by atoms with Crippen LogP contribution in [0.15, 0.2) is 79.9 Å². The van der Waals surface area contributed by atoms with E-state index in [1.54, 1.807) is 60.4 Å². The van der Waals surface area contributed by atoms with Crippen LogP contribution in [0, 0.1) is 17.8 Å². The first-order chi connectivity index (χ1) is 24.4. The molecule has 2 aromatic rings. The van der Waals surface area contributed by atoms with Crippen molar-refractivity contribution in [2.75, 3.05) is 32.2 Å². The maximum absolute atomic E-state index is 14.9. The highest BCUT2D eigenvalue weighted by molar-refractivity contribution is 6.05. The van der Waals surface area contributed by atoms with Gasteiger partial charge < -0.3 is 34.0 Å². The fourth-order valence-electron chi connectivity index (χ4n) is 8.10. The Kier molecular flexibility index (Phi) is 11.7. The molecular weight excluding hydrogens is 650 g/mol.